The number of carbonyl (C=O) groups is 2. The topological polar surface area (TPSA) is 66.6 Å². The van der Waals surface area contributed by atoms with E-state index in [1.54, 1.807) is 4.90 Å². The zero-order valence-electron chi connectivity index (χ0n) is 14.1. The molecule has 2 saturated heterocycles. The Balaban J connectivity index is 0.00000208. The van der Waals surface area contributed by atoms with Gasteiger partial charge in [-0.3, -0.25) is 9.59 Å². The van der Waals surface area contributed by atoms with Gasteiger partial charge in [0.15, 0.2) is 0 Å². The Bertz CT molecular complexity index is 587. The van der Waals surface area contributed by atoms with Gasteiger partial charge in [-0.25, -0.2) is 0 Å². The molecule has 1 aromatic carbocycles. The molecule has 0 aromatic heterocycles. The van der Waals surface area contributed by atoms with Crippen LogP contribution >= 0.6 is 12.4 Å². The van der Waals surface area contributed by atoms with Crippen molar-refractivity contribution >= 4 is 24.2 Å². The number of piperidine rings is 1. The molecule has 0 bridgehead atoms. The fourth-order valence-electron chi connectivity index (χ4n) is 3.69. The average molecular weight is 352 g/mol. The summed E-state index contributed by atoms with van der Waals surface area (Å²) < 4.78 is 0. The van der Waals surface area contributed by atoms with Gasteiger partial charge in [-0.2, -0.15) is 0 Å². The Morgan fingerprint density at radius 3 is 2.38 bits per heavy atom. The van der Waals surface area contributed by atoms with Gasteiger partial charge in [0.1, 0.15) is 5.54 Å². The summed E-state index contributed by atoms with van der Waals surface area (Å²) in [7, 11) is 0. The fraction of sp³-hybridized carbons (Fsp3) is 0.556. The van der Waals surface area contributed by atoms with E-state index < -0.39 is 5.54 Å². The third-order valence-corrected chi connectivity index (χ3v) is 5.19. The lowest BCUT2D eigenvalue weighted by Crippen LogP contribution is -2.58. The molecule has 2 fully saturated rings. The number of benzene rings is 1. The van der Waals surface area contributed by atoms with E-state index in [1.165, 1.54) is 0 Å². The van der Waals surface area contributed by atoms with E-state index >= 15 is 0 Å². The summed E-state index contributed by atoms with van der Waals surface area (Å²) in [4.78, 5) is 29.6. The summed E-state index contributed by atoms with van der Waals surface area (Å²) in [6.45, 7) is 3.95. The van der Waals surface area contributed by atoms with Crippen LogP contribution in [0.4, 0.5) is 0 Å². The van der Waals surface area contributed by atoms with Crippen LogP contribution in [0.25, 0.3) is 0 Å². The second-order valence-electron chi connectivity index (χ2n) is 6.83. The molecule has 0 spiro atoms. The standard InChI is InChI=1S/C18H25N3O2.ClH/c1-18(17(23)20-12-8-15(19)9-13-20)10-5-11-21(18)16(22)14-6-3-2-4-7-14;/h2-4,6-7,15H,5,8-13,19H2,1H3;1H. The van der Waals surface area contributed by atoms with Gasteiger partial charge < -0.3 is 15.5 Å². The Labute approximate surface area is 149 Å². The van der Waals surface area contributed by atoms with Gasteiger partial charge in [0.05, 0.1) is 0 Å². The first-order chi connectivity index (χ1) is 11.0. The number of likely N-dealkylation sites (tertiary alicyclic amines) is 2. The van der Waals surface area contributed by atoms with Gasteiger partial charge >= 0.3 is 0 Å². The molecule has 2 heterocycles. The second-order valence-corrected chi connectivity index (χ2v) is 6.83. The SMILES string of the molecule is CC1(C(=O)N2CCC(N)CC2)CCCN1C(=O)c1ccccc1.Cl. The van der Waals surface area contributed by atoms with Crippen molar-refractivity contribution in [2.75, 3.05) is 19.6 Å². The Morgan fingerprint density at radius 1 is 1.12 bits per heavy atom. The maximum absolute atomic E-state index is 13.1. The van der Waals surface area contributed by atoms with Crippen molar-refractivity contribution in [1.82, 2.24) is 9.80 Å². The van der Waals surface area contributed by atoms with Crippen LogP contribution in [0.1, 0.15) is 43.0 Å². The molecule has 5 nitrogen and oxygen atoms in total. The molecule has 0 radical (unpaired) electrons. The van der Waals surface area contributed by atoms with Crippen LogP contribution in [0.15, 0.2) is 30.3 Å². The van der Waals surface area contributed by atoms with Crippen LogP contribution in [0.5, 0.6) is 0 Å². The molecule has 2 amide bonds. The van der Waals surface area contributed by atoms with E-state index in [0.29, 0.717) is 25.2 Å². The predicted octanol–water partition coefficient (Wildman–Crippen LogP) is 2.05. The molecule has 1 atom stereocenters. The lowest BCUT2D eigenvalue weighted by molar-refractivity contribution is -0.141. The molecule has 2 aliphatic heterocycles. The second kappa shape index (κ2) is 7.53. The van der Waals surface area contributed by atoms with Crippen LogP contribution in [-0.2, 0) is 4.79 Å². The maximum Gasteiger partial charge on any atom is 0.254 e. The highest BCUT2D eigenvalue weighted by atomic mass is 35.5. The minimum Gasteiger partial charge on any atom is -0.341 e. The third-order valence-electron chi connectivity index (χ3n) is 5.19. The van der Waals surface area contributed by atoms with Crippen LogP contribution in [0.3, 0.4) is 0 Å². The van der Waals surface area contributed by atoms with E-state index in [4.69, 9.17) is 5.73 Å². The van der Waals surface area contributed by atoms with Crippen molar-refractivity contribution in [2.45, 2.75) is 44.2 Å². The smallest absolute Gasteiger partial charge is 0.254 e. The third kappa shape index (κ3) is 3.42. The van der Waals surface area contributed by atoms with Crippen molar-refractivity contribution in [1.29, 1.82) is 0 Å². The summed E-state index contributed by atoms with van der Waals surface area (Å²) in [6, 6.07) is 9.42. The minimum atomic E-state index is -0.728. The molecule has 24 heavy (non-hydrogen) atoms. The number of hydrogen-bond acceptors (Lipinski definition) is 3. The van der Waals surface area contributed by atoms with Crippen LogP contribution in [0.2, 0.25) is 0 Å². The molecular weight excluding hydrogens is 326 g/mol. The number of rotatable bonds is 2. The van der Waals surface area contributed by atoms with Crippen LogP contribution < -0.4 is 5.73 Å². The van der Waals surface area contributed by atoms with Gasteiger partial charge in [0.2, 0.25) is 5.91 Å². The minimum absolute atomic E-state index is 0. The maximum atomic E-state index is 13.1. The van der Waals surface area contributed by atoms with Gasteiger partial charge in [0, 0.05) is 31.2 Å². The molecule has 2 aliphatic rings. The lowest BCUT2D eigenvalue weighted by atomic mass is 9.94. The number of nitrogens with two attached hydrogens (primary N) is 1. The summed E-state index contributed by atoms with van der Waals surface area (Å²) >= 11 is 0. The molecule has 1 aromatic rings. The Kier molecular flexibility index (Phi) is 5.88. The van der Waals surface area contributed by atoms with Gasteiger partial charge in [0.25, 0.3) is 5.91 Å². The van der Waals surface area contributed by atoms with Gasteiger partial charge in [-0.05, 0) is 44.7 Å². The van der Waals surface area contributed by atoms with Gasteiger partial charge in [-0.1, -0.05) is 18.2 Å². The Hall–Kier alpha value is -1.59. The van der Waals surface area contributed by atoms with Crippen LogP contribution in [-0.4, -0.2) is 52.8 Å². The molecule has 2 N–H and O–H groups in total. The highest BCUT2D eigenvalue weighted by Crippen LogP contribution is 2.33. The lowest BCUT2D eigenvalue weighted by Gasteiger charge is -2.40. The monoisotopic (exact) mass is 351 g/mol. The normalized spacial score (nSPS) is 24.6. The molecule has 0 aliphatic carbocycles. The van der Waals surface area contributed by atoms with Crippen molar-refractivity contribution < 1.29 is 9.59 Å². The number of amides is 2. The van der Waals surface area contributed by atoms with Crippen molar-refractivity contribution in [3.8, 4) is 0 Å². The van der Waals surface area contributed by atoms with E-state index in [9.17, 15) is 9.59 Å². The first-order valence-electron chi connectivity index (χ1n) is 8.44. The number of nitrogens with zero attached hydrogens (tertiary/aromatic N) is 2. The first kappa shape index (κ1) is 18.7. The highest BCUT2D eigenvalue weighted by Gasteiger charge is 2.47. The number of halogens is 1. The number of hydrogen-bond donors (Lipinski definition) is 1. The zero-order chi connectivity index (χ0) is 16.4. The molecular formula is C18H26ClN3O2. The van der Waals surface area contributed by atoms with E-state index in [-0.39, 0.29) is 30.3 Å². The van der Waals surface area contributed by atoms with Gasteiger partial charge in [-0.15, -0.1) is 12.4 Å². The fourth-order valence-corrected chi connectivity index (χ4v) is 3.69. The predicted molar refractivity (Wildman–Crippen MR) is 96.2 cm³/mol. The van der Waals surface area contributed by atoms with E-state index in [2.05, 4.69) is 0 Å². The zero-order valence-corrected chi connectivity index (χ0v) is 14.9. The van der Waals surface area contributed by atoms with Crippen molar-refractivity contribution in [3.05, 3.63) is 35.9 Å². The van der Waals surface area contributed by atoms with E-state index in [1.807, 2.05) is 42.2 Å². The summed E-state index contributed by atoms with van der Waals surface area (Å²) in [6.07, 6.45) is 3.28. The summed E-state index contributed by atoms with van der Waals surface area (Å²) in [5.74, 6) is 0.0267. The molecule has 132 valence electrons. The Morgan fingerprint density at radius 2 is 1.75 bits per heavy atom. The quantitative estimate of drug-likeness (QED) is 0.886. The van der Waals surface area contributed by atoms with Crippen LogP contribution in [0, 0.1) is 0 Å². The molecule has 0 saturated carbocycles. The van der Waals surface area contributed by atoms with Crippen molar-refractivity contribution in [3.63, 3.8) is 0 Å². The van der Waals surface area contributed by atoms with Crippen molar-refractivity contribution in [2.24, 2.45) is 5.73 Å². The first-order valence-corrected chi connectivity index (χ1v) is 8.44. The molecule has 6 heteroatoms. The number of carbonyl (C=O) groups excluding carboxylic acids is 2. The summed E-state index contributed by atoms with van der Waals surface area (Å²) in [5, 5.41) is 0. The average Bonchev–Trinajstić information content (AvgIpc) is 2.98. The molecule has 1 unspecified atom stereocenters. The molecule has 3 rings (SSSR count). The summed E-state index contributed by atoms with van der Waals surface area (Å²) in [5.41, 5.74) is 5.85. The highest BCUT2D eigenvalue weighted by molar-refractivity contribution is 5.99. The van der Waals surface area contributed by atoms with E-state index in [0.717, 1.165) is 25.7 Å². The largest absolute Gasteiger partial charge is 0.341 e.